The summed E-state index contributed by atoms with van der Waals surface area (Å²) in [5, 5.41) is 4.10. The number of hydrogen-bond acceptors (Lipinski definition) is 5. The fourth-order valence-corrected chi connectivity index (χ4v) is 4.21. The van der Waals surface area contributed by atoms with Crippen molar-refractivity contribution in [1.82, 2.24) is 19.6 Å². The molecule has 2 aromatic rings. The number of anilines is 1. The summed E-state index contributed by atoms with van der Waals surface area (Å²) < 4.78 is 14.3. The highest BCUT2D eigenvalue weighted by Crippen LogP contribution is 2.22. The van der Waals surface area contributed by atoms with E-state index in [1.54, 1.807) is 7.05 Å². The summed E-state index contributed by atoms with van der Waals surface area (Å²) in [6.07, 6.45) is 2.03. The molecule has 0 unspecified atom stereocenters. The van der Waals surface area contributed by atoms with E-state index in [1.165, 1.54) is 28.9 Å². The lowest BCUT2D eigenvalue weighted by atomic mass is 10.0. The van der Waals surface area contributed by atoms with Crippen LogP contribution in [0.25, 0.3) is 0 Å². The van der Waals surface area contributed by atoms with E-state index in [0.29, 0.717) is 18.3 Å². The first kappa shape index (κ1) is 19.6. The maximum Gasteiger partial charge on any atom is 0.274 e. The van der Waals surface area contributed by atoms with Gasteiger partial charge in [-0.1, -0.05) is 0 Å². The number of aromatic nitrogens is 2. The van der Waals surface area contributed by atoms with Crippen LogP contribution in [-0.4, -0.2) is 70.8 Å². The van der Waals surface area contributed by atoms with Gasteiger partial charge in [0.2, 0.25) is 0 Å². The van der Waals surface area contributed by atoms with Gasteiger partial charge in [0, 0.05) is 64.1 Å². The summed E-state index contributed by atoms with van der Waals surface area (Å²) in [6.45, 7) is 5.01. The number of carbonyl (C=O) groups excluding carboxylic acids is 1. The van der Waals surface area contributed by atoms with Crippen LogP contribution in [0, 0.1) is 5.82 Å². The first-order valence-electron chi connectivity index (χ1n) is 10.1. The summed E-state index contributed by atoms with van der Waals surface area (Å²) in [6, 6.07) is 9.87. The third-order valence-corrected chi connectivity index (χ3v) is 5.89. The third kappa shape index (κ3) is 4.32. The predicted octanol–water partition coefficient (Wildman–Crippen LogP) is 1.35. The molecule has 1 aromatic heterocycles. The maximum absolute atomic E-state index is 13.1. The van der Waals surface area contributed by atoms with Gasteiger partial charge in [0.05, 0.1) is 0 Å². The summed E-state index contributed by atoms with van der Waals surface area (Å²) in [5.74, 6) is -0.331. The van der Waals surface area contributed by atoms with Crippen molar-refractivity contribution in [3.63, 3.8) is 0 Å². The van der Waals surface area contributed by atoms with E-state index in [9.17, 15) is 14.0 Å². The summed E-state index contributed by atoms with van der Waals surface area (Å²) in [5.41, 5.74) is 1.14. The van der Waals surface area contributed by atoms with E-state index in [1.807, 2.05) is 17.0 Å². The lowest BCUT2D eigenvalue weighted by Crippen LogP contribution is -2.56. The van der Waals surface area contributed by atoms with Gasteiger partial charge in [0.25, 0.3) is 11.5 Å². The lowest BCUT2D eigenvalue weighted by Gasteiger charge is -2.43. The van der Waals surface area contributed by atoms with Crippen LogP contribution in [0.5, 0.6) is 0 Å². The van der Waals surface area contributed by atoms with Gasteiger partial charge in [-0.05, 0) is 43.2 Å². The molecule has 4 rings (SSSR count). The Bertz CT molecular complexity index is 921. The molecule has 154 valence electrons. The van der Waals surface area contributed by atoms with Crippen molar-refractivity contribution in [2.45, 2.75) is 18.9 Å². The molecule has 0 radical (unpaired) electrons. The standard InChI is InChI=1S/C21H26FN5O2/c1-24-20(28)9-8-19(23-24)21(29)27-10-2-3-18(15-27)26-13-11-25(12-14-26)17-6-4-16(22)5-7-17/h4-9,18H,2-3,10-15H2,1H3/t18-/m1/s1. The molecule has 0 aliphatic carbocycles. The van der Waals surface area contributed by atoms with Gasteiger partial charge in [-0.25, -0.2) is 9.07 Å². The molecule has 2 aliphatic heterocycles. The van der Waals surface area contributed by atoms with Crippen molar-refractivity contribution in [2.24, 2.45) is 7.05 Å². The first-order valence-corrected chi connectivity index (χ1v) is 10.1. The Morgan fingerprint density at radius 3 is 2.45 bits per heavy atom. The van der Waals surface area contributed by atoms with Gasteiger partial charge >= 0.3 is 0 Å². The zero-order chi connectivity index (χ0) is 20.4. The van der Waals surface area contributed by atoms with E-state index in [-0.39, 0.29) is 17.3 Å². The number of amides is 1. The Balaban J connectivity index is 1.36. The van der Waals surface area contributed by atoms with Gasteiger partial charge in [-0.3, -0.25) is 14.5 Å². The molecule has 2 fully saturated rings. The molecule has 0 N–H and O–H groups in total. The van der Waals surface area contributed by atoms with Crippen LogP contribution in [-0.2, 0) is 7.05 Å². The largest absolute Gasteiger partial charge is 0.369 e. The molecule has 2 saturated heterocycles. The topological polar surface area (TPSA) is 61.7 Å². The number of carbonyl (C=O) groups is 1. The average Bonchev–Trinajstić information content (AvgIpc) is 2.76. The molecule has 1 amide bonds. The minimum absolute atomic E-state index is 0.116. The number of aryl methyl sites for hydroxylation is 1. The zero-order valence-electron chi connectivity index (χ0n) is 16.6. The van der Waals surface area contributed by atoms with Gasteiger partial charge in [-0.2, -0.15) is 5.10 Å². The fourth-order valence-electron chi connectivity index (χ4n) is 4.21. The molecule has 3 heterocycles. The number of likely N-dealkylation sites (tertiary alicyclic amines) is 1. The average molecular weight is 399 g/mol. The minimum Gasteiger partial charge on any atom is -0.369 e. The number of hydrogen-bond donors (Lipinski definition) is 0. The van der Waals surface area contributed by atoms with Crippen molar-refractivity contribution in [3.05, 3.63) is 58.3 Å². The van der Waals surface area contributed by atoms with Crippen LogP contribution in [0.3, 0.4) is 0 Å². The Hall–Kier alpha value is -2.74. The van der Waals surface area contributed by atoms with Gasteiger partial charge in [0.15, 0.2) is 0 Å². The second-order valence-electron chi connectivity index (χ2n) is 7.73. The predicted molar refractivity (Wildman–Crippen MR) is 109 cm³/mol. The van der Waals surface area contributed by atoms with Crippen LogP contribution >= 0.6 is 0 Å². The molecule has 0 spiro atoms. The van der Waals surface area contributed by atoms with Crippen LogP contribution in [0.1, 0.15) is 23.3 Å². The quantitative estimate of drug-likeness (QED) is 0.780. The lowest BCUT2D eigenvalue weighted by molar-refractivity contribution is 0.0556. The highest BCUT2D eigenvalue weighted by atomic mass is 19.1. The number of rotatable bonds is 3. The molecule has 0 saturated carbocycles. The summed E-state index contributed by atoms with van der Waals surface area (Å²) in [7, 11) is 1.55. The molecule has 7 nitrogen and oxygen atoms in total. The van der Waals surface area contributed by atoms with Crippen molar-refractivity contribution >= 4 is 11.6 Å². The molecule has 1 aromatic carbocycles. The summed E-state index contributed by atoms with van der Waals surface area (Å²) in [4.78, 5) is 30.9. The van der Waals surface area contributed by atoms with Gasteiger partial charge in [0.1, 0.15) is 11.5 Å². The SMILES string of the molecule is Cn1nc(C(=O)N2CCC[C@@H](N3CCN(c4ccc(F)cc4)CC3)C2)ccc1=O. The molecule has 0 bridgehead atoms. The van der Waals surface area contributed by atoms with E-state index >= 15 is 0 Å². The normalized spacial score (nSPS) is 20.7. The number of piperazine rings is 1. The van der Waals surface area contributed by atoms with Crippen LogP contribution in [0.2, 0.25) is 0 Å². The van der Waals surface area contributed by atoms with E-state index < -0.39 is 0 Å². The Labute approximate surface area is 169 Å². The van der Waals surface area contributed by atoms with Crippen LogP contribution in [0.4, 0.5) is 10.1 Å². The molecule has 8 heteroatoms. The molecular formula is C21H26FN5O2. The first-order chi connectivity index (χ1) is 14.0. The Kier molecular flexibility index (Phi) is 5.62. The van der Waals surface area contributed by atoms with Gasteiger partial charge in [-0.15, -0.1) is 0 Å². The maximum atomic E-state index is 13.1. The van der Waals surface area contributed by atoms with Crippen molar-refractivity contribution < 1.29 is 9.18 Å². The number of benzene rings is 1. The third-order valence-electron chi connectivity index (χ3n) is 5.89. The second kappa shape index (κ2) is 8.32. The van der Waals surface area contributed by atoms with E-state index in [2.05, 4.69) is 14.9 Å². The highest BCUT2D eigenvalue weighted by molar-refractivity contribution is 5.92. The van der Waals surface area contributed by atoms with Crippen LogP contribution < -0.4 is 10.5 Å². The van der Waals surface area contributed by atoms with Crippen molar-refractivity contribution in [1.29, 1.82) is 0 Å². The number of halogens is 1. The second-order valence-corrected chi connectivity index (χ2v) is 7.73. The van der Waals surface area contributed by atoms with Crippen molar-refractivity contribution in [3.8, 4) is 0 Å². The van der Waals surface area contributed by atoms with Crippen molar-refractivity contribution in [2.75, 3.05) is 44.2 Å². The Morgan fingerprint density at radius 1 is 1.03 bits per heavy atom. The Morgan fingerprint density at radius 2 is 1.76 bits per heavy atom. The molecule has 1 atom stereocenters. The molecular weight excluding hydrogens is 373 g/mol. The molecule has 2 aliphatic rings. The monoisotopic (exact) mass is 399 g/mol. The summed E-state index contributed by atoms with van der Waals surface area (Å²) >= 11 is 0. The number of nitrogens with zero attached hydrogens (tertiary/aromatic N) is 5. The zero-order valence-corrected chi connectivity index (χ0v) is 16.6. The van der Waals surface area contributed by atoms with E-state index in [0.717, 1.165) is 51.3 Å². The fraction of sp³-hybridized carbons (Fsp3) is 0.476. The molecule has 29 heavy (non-hydrogen) atoms. The van der Waals surface area contributed by atoms with E-state index in [4.69, 9.17) is 0 Å². The highest BCUT2D eigenvalue weighted by Gasteiger charge is 2.31. The smallest absolute Gasteiger partial charge is 0.274 e. The van der Waals surface area contributed by atoms with Crippen LogP contribution in [0.15, 0.2) is 41.2 Å². The minimum atomic E-state index is -0.225. The van der Waals surface area contributed by atoms with Gasteiger partial charge < -0.3 is 9.80 Å². The number of piperidine rings is 1.